The van der Waals surface area contributed by atoms with Crippen LogP contribution in [0.25, 0.3) is 11.1 Å². The van der Waals surface area contributed by atoms with Crippen molar-refractivity contribution in [3.63, 3.8) is 0 Å². The molecule has 0 aliphatic heterocycles. The summed E-state index contributed by atoms with van der Waals surface area (Å²) >= 11 is 0. The molecule has 0 radical (unpaired) electrons. The van der Waals surface area contributed by atoms with Crippen molar-refractivity contribution in [2.24, 2.45) is 5.92 Å². The first-order valence-corrected chi connectivity index (χ1v) is 13.5. The molecule has 7 nitrogen and oxygen atoms in total. The van der Waals surface area contributed by atoms with Crippen molar-refractivity contribution in [1.82, 2.24) is 10.2 Å². The van der Waals surface area contributed by atoms with Gasteiger partial charge in [0.05, 0.1) is 6.42 Å². The maximum absolute atomic E-state index is 13.7. The standard InChI is InChI=1S/C32H36N2O5/c1-22(2)16-17-29(31(37)34(19-18-30(35)36)20-23-10-4-3-5-11-23)33-32(38)39-21-28-26-14-8-6-12-24(26)25-13-7-9-15-27(25)28/h3-15,22,28-29H,16-21H2,1-2H3,(H,33,38)(H,35,36). The molecular weight excluding hydrogens is 492 g/mol. The number of aliphatic carboxylic acids is 1. The fourth-order valence-corrected chi connectivity index (χ4v) is 5.06. The average Bonchev–Trinajstić information content (AvgIpc) is 3.25. The molecule has 0 spiro atoms. The molecule has 0 saturated heterocycles. The second kappa shape index (κ2) is 13.1. The number of fused-ring (bicyclic) bond motifs is 3. The van der Waals surface area contributed by atoms with Crippen LogP contribution in [0.1, 0.15) is 55.7 Å². The molecule has 1 atom stereocenters. The van der Waals surface area contributed by atoms with E-state index in [0.717, 1.165) is 34.2 Å². The van der Waals surface area contributed by atoms with Gasteiger partial charge in [0.1, 0.15) is 12.6 Å². The van der Waals surface area contributed by atoms with Gasteiger partial charge in [-0.05, 0) is 46.6 Å². The van der Waals surface area contributed by atoms with E-state index < -0.39 is 18.1 Å². The fourth-order valence-electron chi connectivity index (χ4n) is 5.06. The lowest BCUT2D eigenvalue weighted by atomic mass is 9.98. The molecule has 3 aromatic rings. The molecule has 0 heterocycles. The Morgan fingerprint density at radius 3 is 2.05 bits per heavy atom. The van der Waals surface area contributed by atoms with E-state index in [-0.39, 0.29) is 37.9 Å². The number of ether oxygens (including phenoxy) is 1. The first-order chi connectivity index (χ1) is 18.8. The van der Waals surface area contributed by atoms with E-state index in [9.17, 15) is 19.5 Å². The van der Waals surface area contributed by atoms with Crippen LogP contribution in [-0.2, 0) is 20.9 Å². The summed E-state index contributed by atoms with van der Waals surface area (Å²) in [5.41, 5.74) is 5.40. The number of hydrogen-bond donors (Lipinski definition) is 2. The Morgan fingerprint density at radius 2 is 1.46 bits per heavy atom. The SMILES string of the molecule is CC(C)CCC(NC(=O)OCC1c2ccccc2-c2ccccc21)C(=O)N(CCC(=O)O)Cc1ccccc1. The highest BCUT2D eigenvalue weighted by atomic mass is 16.5. The molecule has 2 amide bonds. The highest BCUT2D eigenvalue weighted by Crippen LogP contribution is 2.44. The number of benzene rings is 3. The average molecular weight is 529 g/mol. The third-order valence-corrected chi connectivity index (χ3v) is 7.09. The van der Waals surface area contributed by atoms with Crippen LogP contribution in [0.3, 0.4) is 0 Å². The summed E-state index contributed by atoms with van der Waals surface area (Å²) in [6, 6.07) is 24.8. The Balaban J connectivity index is 1.46. The molecule has 39 heavy (non-hydrogen) atoms. The van der Waals surface area contributed by atoms with Gasteiger partial charge < -0.3 is 20.1 Å². The second-order valence-electron chi connectivity index (χ2n) is 10.4. The van der Waals surface area contributed by atoms with Crippen molar-refractivity contribution in [3.8, 4) is 11.1 Å². The highest BCUT2D eigenvalue weighted by Gasteiger charge is 2.31. The molecule has 0 aromatic heterocycles. The van der Waals surface area contributed by atoms with Crippen LogP contribution in [0.4, 0.5) is 4.79 Å². The van der Waals surface area contributed by atoms with Gasteiger partial charge in [-0.25, -0.2) is 4.79 Å². The molecule has 1 unspecified atom stereocenters. The molecule has 2 N–H and O–H groups in total. The van der Waals surface area contributed by atoms with Crippen LogP contribution in [0.5, 0.6) is 0 Å². The number of carbonyl (C=O) groups excluding carboxylic acids is 2. The lowest BCUT2D eigenvalue weighted by molar-refractivity contribution is -0.139. The summed E-state index contributed by atoms with van der Waals surface area (Å²) in [4.78, 5) is 39.5. The van der Waals surface area contributed by atoms with Gasteiger partial charge in [-0.1, -0.05) is 92.7 Å². The largest absolute Gasteiger partial charge is 0.481 e. The summed E-state index contributed by atoms with van der Waals surface area (Å²) in [5.74, 6) is -1.05. The lowest BCUT2D eigenvalue weighted by Crippen LogP contribution is -2.49. The zero-order valence-corrected chi connectivity index (χ0v) is 22.5. The van der Waals surface area contributed by atoms with Gasteiger partial charge in [-0.3, -0.25) is 9.59 Å². The number of nitrogens with one attached hydrogen (secondary N) is 1. The topological polar surface area (TPSA) is 95.9 Å². The Labute approximate surface area is 229 Å². The predicted molar refractivity (Wildman–Crippen MR) is 150 cm³/mol. The van der Waals surface area contributed by atoms with Crippen molar-refractivity contribution in [1.29, 1.82) is 0 Å². The number of alkyl carbamates (subject to hydrolysis) is 1. The van der Waals surface area contributed by atoms with E-state index in [0.29, 0.717) is 12.3 Å². The first kappa shape index (κ1) is 27.9. The van der Waals surface area contributed by atoms with Crippen LogP contribution < -0.4 is 5.32 Å². The van der Waals surface area contributed by atoms with Crippen molar-refractivity contribution in [2.45, 2.75) is 51.6 Å². The molecule has 7 heteroatoms. The Bertz CT molecular complexity index is 1240. The number of rotatable bonds is 12. The van der Waals surface area contributed by atoms with Crippen LogP contribution in [0, 0.1) is 5.92 Å². The van der Waals surface area contributed by atoms with Gasteiger partial charge in [0.25, 0.3) is 0 Å². The molecule has 1 aliphatic carbocycles. The van der Waals surface area contributed by atoms with Gasteiger partial charge in [-0.2, -0.15) is 0 Å². The molecular formula is C32H36N2O5. The second-order valence-corrected chi connectivity index (χ2v) is 10.4. The number of carbonyl (C=O) groups is 3. The predicted octanol–water partition coefficient (Wildman–Crippen LogP) is 5.83. The summed E-state index contributed by atoms with van der Waals surface area (Å²) in [7, 11) is 0. The van der Waals surface area contributed by atoms with Crippen LogP contribution in [-0.4, -0.2) is 47.2 Å². The maximum Gasteiger partial charge on any atom is 0.407 e. The molecule has 4 rings (SSSR count). The third-order valence-electron chi connectivity index (χ3n) is 7.09. The molecule has 0 fully saturated rings. The molecule has 3 aromatic carbocycles. The van der Waals surface area contributed by atoms with Crippen molar-refractivity contribution in [2.75, 3.05) is 13.2 Å². The number of carboxylic acid groups (broad SMARTS) is 1. The molecule has 0 bridgehead atoms. The van der Waals surface area contributed by atoms with E-state index in [1.165, 1.54) is 4.90 Å². The van der Waals surface area contributed by atoms with Gasteiger partial charge in [0.15, 0.2) is 0 Å². The summed E-state index contributed by atoms with van der Waals surface area (Å²) in [5, 5.41) is 12.1. The number of hydrogen-bond acceptors (Lipinski definition) is 4. The first-order valence-electron chi connectivity index (χ1n) is 13.5. The van der Waals surface area contributed by atoms with Gasteiger partial charge >= 0.3 is 12.1 Å². The Morgan fingerprint density at radius 1 is 0.872 bits per heavy atom. The minimum atomic E-state index is -0.982. The van der Waals surface area contributed by atoms with Gasteiger partial charge in [0.2, 0.25) is 5.91 Å². The van der Waals surface area contributed by atoms with Crippen molar-refractivity contribution < 1.29 is 24.2 Å². The van der Waals surface area contributed by atoms with Crippen LogP contribution in [0.2, 0.25) is 0 Å². The Kier molecular flexibility index (Phi) is 9.36. The Hall–Kier alpha value is -4.13. The molecule has 1 aliphatic rings. The monoisotopic (exact) mass is 528 g/mol. The maximum atomic E-state index is 13.7. The van der Waals surface area contributed by atoms with E-state index in [1.807, 2.05) is 54.6 Å². The van der Waals surface area contributed by atoms with E-state index in [2.05, 4.69) is 43.4 Å². The minimum Gasteiger partial charge on any atom is -0.481 e. The smallest absolute Gasteiger partial charge is 0.407 e. The van der Waals surface area contributed by atoms with Crippen LogP contribution in [0.15, 0.2) is 78.9 Å². The van der Waals surface area contributed by atoms with Crippen LogP contribution >= 0.6 is 0 Å². The van der Waals surface area contributed by atoms with E-state index >= 15 is 0 Å². The van der Waals surface area contributed by atoms with Crippen molar-refractivity contribution in [3.05, 3.63) is 95.6 Å². The zero-order chi connectivity index (χ0) is 27.8. The molecule has 0 saturated carbocycles. The quantitative estimate of drug-likeness (QED) is 0.308. The van der Waals surface area contributed by atoms with Crippen molar-refractivity contribution >= 4 is 18.0 Å². The summed E-state index contributed by atoms with van der Waals surface area (Å²) < 4.78 is 5.71. The normalized spacial score (nSPS) is 12.9. The highest BCUT2D eigenvalue weighted by molar-refractivity contribution is 5.86. The number of nitrogens with zero attached hydrogens (tertiary/aromatic N) is 1. The lowest BCUT2D eigenvalue weighted by Gasteiger charge is -2.28. The summed E-state index contributed by atoms with van der Waals surface area (Å²) in [6.45, 7) is 4.57. The van der Waals surface area contributed by atoms with Gasteiger partial charge in [0, 0.05) is 19.0 Å². The molecule has 204 valence electrons. The number of carboxylic acids is 1. The van der Waals surface area contributed by atoms with E-state index in [4.69, 9.17) is 4.74 Å². The fraction of sp³-hybridized carbons (Fsp3) is 0.344. The third kappa shape index (κ3) is 7.25. The summed E-state index contributed by atoms with van der Waals surface area (Å²) in [6.07, 6.45) is 0.314. The zero-order valence-electron chi connectivity index (χ0n) is 22.5. The number of amides is 2. The van der Waals surface area contributed by atoms with E-state index in [1.54, 1.807) is 0 Å². The van der Waals surface area contributed by atoms with Gasteiger partial charge in [-0.15, -0.1) is 0 Å². The minimum absolute atomic E-state index is 0.0492.